The lowest BCUT2D eigenvalue weighted by molar-refractivity contribution is 0.0948. The van der Waals surface area contributed by atoms with Crippen molar-refractivity contribution in [1.29, 1.82) is 0 Å². The fraction of sp³-hybridized carbons (Fsp3) is 1.00. The van der Waals surface area contributed by atoms with Gasteiger partial charge in [-0.05, 0) is 52.6 Å². The van der Waals surface area contributed by atoms with Gasteiger partial charge in [-0.1, -0.05) is 13.8 Å². The van der Waals surface area contributed by atoms with Crippen molar-refractivity contribution in [3.05, 3.63) is 0 Å². The molecule has 2 unspecified atom stereocenters. The van der Waals surface area contributed by atoms with E-state index < -0.39 is 0 Å². The third-order valence-corrected chi connectivity index (χ3v) is 4.97. The second-order valence-electron chi connectivity index (χ2n) is 6.88. The zero-order chi connectivity index (χ0) is 15.7. The number of nitrogens with zero attached hydrogens (tertiary/aromatic N) is 2. The van der Waals surface area contributed by atoms with Crippen molar-refractivity contribution in [2.75, 3.05) is 45.9 Å². The molecule has 1 rings (SSSR count). The topological polar surface area (TPSA) is 38.7 Å². The van der Waals surface area contributed by atoms with Gasteiger partial charge < -0.3 is 15.3 Å². The maximum Gasteiger partial charge on any atom is 0.0610 e. The van der Waals surface area contributed by atoms with Gasteiger partial charge in [0.1, 0.15) is 0 Å². The molecule has 0 aromatic heterocycles. The predicted molar refractivity (Wildman–Crippen MR) is 90.8 cm³/mol. The van der Waals surface area contributed by atoms with Gasteiger partial charge in [0.15, 0.2) is 0 Å². The number of rotatable bonds is 10. The highest BCUT2D eigenvalue weighted by molar-refractivity contribution is 4.83. The van der Waals surface area contributed by atoms with E-state index in [1.165, 1.54) is 32.6 Å². The van der Waals surface area contributed by atoms with Crippen molar-refractivity contribution in [2.24, 2.45) is 0 Å². The van der Waals surface area contributed by atoms with E-state index in [4.69, 9.17) is 0 Å². The number of hydrogen-bond donors (Lipinski definition) is 2. The van der Waals surface area contributed by atoms with Crippen molar-refractivity contribution >= 4 is 0 Å². The normalized spacial score (nSPS) is 22.1. The van der Waals surface area contributed by atoms with E-state index in [2.05, 4.69) is 42.8 Å². The van der Waals surface area contributed by atoms with Gasteiger partial charge >= 0.3 is 0 Å². The quantitative estimate of drug-likeness (QED) is 0.646. The van der Waals surface area contributed by atoms with Crippen LogP contribution in [0.5, 0.6) is 0 Å². The van der Waals surface area contributed by atoms with Crippen LogP contribution in [0, 0.1) is 0 Å². The van der Waals surface area contributed by atoms with E-state index in [9.17, 15) is 5.11 Å². The summed E-state index contributed by atoms with van der Waals surface area (Å²) in [7, 11) is 0. The van der Waals surface area contributed by atoms with Crippen LogP contribution >= 0.6 is 0 Å². The molecule has 1 aliphatic heterocycles. The molecule has 4 nitrogen and oxygen atoms in total. The summed E-state index contributed by atoms with van der Waals surface area (Å²) in [6.07, 6.45) is 4.58. The Morgan fingerprint density at radius 3 is 2.38 bits per heavy atom. The van der Waals surface area contributed by atoms with Gasteiger partial charge in [-0.3, -0.25) is 4.90 Å². The first kappa shape index (κ1) is 18.9. The summed E-state index contributed by atoms with van der Waals surface area (Å²) < 4.78 is 0. The molecule has 126 valence electrons. The van der Waals surface area contributed by atoms with Crippen LogP contribution in [0.2, 0.25) is 0 Å². The molecule has 0 aromatic rings. The van der Waals surface area contributed by atoms with Crippen LogP contribution in [0.25, 0.3) is 0 Å². The Bertz CT molecular complexity index is 267. The second-order valence-corrected chi connectivity index (χ2v) is 6.88. The van der Waals surface area contributed by atoms with E-state index in [1.807, 2.05) is 0 Å². The van der Waals surface area contributed by atoms with Gasteiger partial charge in [-0.2, -0.15) is 0 Å². The van der Waals surface area contributed by atoms with Crippen LogP contribution in [0.15, 0.2) is 0 Å². The predicted octanol–water partition coefficient (Wildman–Crippen LogP) is 1.93. The van der Waals surface area contributed by atoms with Gasteiger partial charge in [0, 0.05) is 37.8 Å². The Balaban J connectivity index is 2.21. The Kier molecular flexibility index (Phi) is 8.79. The minimum absolute atomic E-state index is 0.103. The van der Waals surface area contributed by atoms with Gasteiger partial charge in [0.05, 0.1) is 6.61 Å². The highest BCUT2D eigenvalue weighted by Crippen LogP contribution is 2.14. The van der Waals surface area contributed by atoms with Crippen LogP contribution in [-0.2, 0) is 0 Å². The minimum atomic E-state index is -0.103. The molecule has 1 aliphatic rings. The smallest absolute Gasteiger partial charge is 0.0610 e. The van der Waals surface area contributed by atoms with Crippen LogP contribution < -0.4 is 5.32 Å². The first-order valence-corrected chi connectivity index (χ1v) is 8.87. The lowest BCUT2D eigenvalue weighted by atomic mass is 9.96. The Morgan fingerprint density at radius 1 is 1.19 bits per heavy atom. The third kappa shape index (κ3) is 6.64. The van der Waals surface area contributed by atoms with Crippen molar-refractivity contribution in [3.63, 3.8) is 0 Å². The molecule has 0 bridgehead atoms. The van der Waals surface area contributed by atoms with Gasteiger partial charge in [-0.25, -0.2) is 0 Å². The molecule has 21 heavy (non-hydrogen) atoms. The Morgan fingerprint density at radius 2 is 1.86 bits per heavy atom. The van der Waals surface area contributed by atoms with Gasteiger partial charge in [0.2, 0.25) is 0 Å². The molecule has 2 atom stereocenters. The molecule has 0 aromatic carbocycles. The zero-order valence-electron chi connectivity index (χ0n) is 14.7. The standard InChI is InChI=1S/C17H37N3O/c1-5-9-18-17(4,15-21)8-7-10-19-11-13-20(14-12-19)16(3)6-2/h16,18,21H,5-15H2,1-4H3. The lowest BCUT2D eigenvalue weighted by Crippen LogP contribution is -2.50. The maximum absolute atomic E-state index is 9.59. The zero-order valence-corrected chi connectivity index (χ0v) is 14.7. The summed E-state index contributed by atoms with van der Waals surface area (Å²) >= 11 is 0. The first-order valence-electron chi connectivity index (χ1n) is 8.87. The molecule has 0 spiro atoms. The van der Waals surface area contributed by atoms with E-state index in [1.54, 1.807) is 0 Å². The number of piperazine rings is 1. The number of aliphatic hydroxyl groups excluding tert-OH is 1. The molecule has 0 radical (unpaired) electrons. The van der Waals surface area contributed by atoms with E-state index in [0.717, 1.165) is 38.4 Å². The molecule has 2 N–H and O–H groups in total. The van der Waals surface area contributed by atoms with Crippen molar-refractivity contribution in [3.8, 4) is 0 Å². The number of aliphatic hydroxyl groups is 1. The van der Waals surface area contributed by atoms with Crippen LogP contribution in [-0.4, -0.2) is 72.4 Å². The van der Waals surface area contributed by atoms with Crippen LogP contribution in [0.1, 0.15) is 53.4 Å². The molecule has 0 amide bonds. The summed E-state index contributed by atoms with van der Waals surface area (Å²) in [5.41, 5.74) is -0.103. The second kappa shape index (κ2) is 9.78. The Labute approximate surface area is 131 Å². The summed E-state index contributed by atoms with van der Waals surface area (Å²) in [6.45, 7) is 16.1. The summed E-state index contributed by atoms with van der Waals surface area (Å²) in [5.74, 6) is 0. The SMILES string of the molecule is CCCNC(C)(CO)CCCN1CCN(C(C)CC)CC1. The fourth-order valence-electron chi connectivity index (χ4n) is 3.03. The average molecular weight is 300 g/mol. The van der Waals surface area contributed by atoms with Crippen LogP contribution in [0.4, 0.5) is 0 Å². The van der Waals surface area contributed by atoms with Crippen LogP contribution in [0.3, 0.4) is 0 Å². The van der Waals surface area contributed by atoms with Gasteiger partial charge in [0.25, 0.3) is 0 Å². The minimum Gasteiger partial charge on any atom is -0.394 e. The monoisotopic (exact) mass is 299 g/mol. The molecular weight excluding hydrogens is 262 g/mol. The van der Waals surface area contributed by atoms with E-state index >= 15 is 0 Å². The van der Waals surface area contributed by atoms with Crippen molar-refractivity contribution in [2.45, 2.75) is 65.0 Å². The first-order chi connectivity index (χ1) is 10.0. The van der Waals surface area contributed by atoms with E-state index in [0.29, 0.717) is 0 Å². The summed E-state index contributed by atoms with van der Waals surface area (Å²) in [4.78, 5) is 5.19. The molecule has 4 heteroatoms. The lowest BCUT2D eigenvalue weighted by Gasteiger charge is -2.38. The van der Waals surface area contributed by atoms with Crippen molar-refractivity contribution < 1.29 is 5.11 Å². The highest BCUT2D eigenvalue weighted by atomic mass is 16.3. The molecule has 1 saturated heterocycles. The summed E-state index contributed by atoms with van der Waals surface area (Å²) in [5, 5.41) is 13.1. The van der Waals surface area contributed by atoms with Gasteiger partial charge in [-0.15, -0.1) is 0 Å². The molecule has 0 saturated carbocycles. The Hall–Kier alpha value is -0.160. The summed E-state index contributed by atoms with van der Waals surface area (Å²) in [6, 6.07) is 0.725. The molecule has 0 aliphatic carbocycles. The highest BCUT2D eigenvalue weighted by Gasteiger charge is 2.23. The maximum atomic E-state index is 9.59. The molecule has 1 fully saturated rings. The number of hydrogen-bond acceptors (Lipinski definition) is 4. The number of nitrogens with one attached hydrogen (secondary N) is 1. The fourth-order valence-corrected chi connectivity index (χ4v) is 3.03. The van der Waals surface area contributed by atoms with E-state index in [-0.39, 0.29) is 12.1 Å². The van der Waals surface area contributed by atoms with Crippen molar-refractivity contribution in [1.82, 2.24) is 15.1 Å². The third-order valence-electron chi connectivity index (χ3n) is 4.97. The molecular formula is C17H37N3O. The average Bonchev–Trinajstić information content (AvgIpc) is 2.53. The largest absolute Gasteiger partial charge is 0.394 e. The molecule has 1 heterocycles.